The quantitative estimate of drug-likeness (QED) is 0.698. The Morgan fingerprint density at radius 1 is 1.50 bits per heavy atom. The number of ether oxygens (including phenoxy) is 1. The molecule has 1 aromatic carbocycles. The van der Waals surface area contributed by atoms with E-state index in [1.165, 1.54) is 10.5 Å². The van der Waals surface area contributed by atoms with Gasteiger partial charge in [0.25, 0.3) is 0 Å². The molecule has 0 aliphatic heterocycles. The molecule has 0 aromatic heterocycles. The lowest BCUT2D eigenvalue weighted by Crippen LogP contribution is -1.96. The Kier molecular flexibility index (Phi) is 4.33. The van der Waals surface area contributed by atoms with Gasteiger partial charge in [-0.25, -0.2) is 0 Å². The van der Waals surface area contributed by atoms with Gasteiger partial charge in [0.05, 0.1) is 6.61 Å². The van der Waals surface area contributed by atoms with Crippen molar-refractivity contribution in [3.05, 3.63) is 30.7 Å². The summed E-state index contributed by atoms with van der Waals surface area (Å²) in [6.07, 6.45) is 2.06. The highest BCUT2D eigenvalue weighted by Crippen LogP contribution is 2.30. The molecule has 0 amide bonds. The Morgan fingerprint density at radius 2 is 2.21 bits per heavy atom. The van der Waals surface area contributed by atoms with Gasteiger partial charge in [0.15, 0.2) is 0 Å². The zero-order valence-electron chi connectivity index (χ0n) is 9.04. The Labute approximate surface area is 90.9 Å². The molecule has 0 N–H and O–H groups in total. The summed E-state index contributed by atoms with van der Waals surface area (Å²) in [6, 6.07) is 6.31. The van der Waals surface area contributed by atoms with Crippen LogP contribution in [0.4, 0.5) is 0 Å². The van der Waals surface area contributed by atoms with Crippen molar-refractivity contribution < 1.29 is 4.74 Å². The van der Waals surface area contributed by atoms with Gasteiger partial charge in [-0.1, -0.05) is 13.0 Å². The normalized spacial score (nSPS) is 10.6. The molecule has 1 rings (SSSR count). The van der Waals surface area contributed by atoms with Crippen molar-refractivity contribution in [1.29, 1.82) is 0 Å². The lowest BCUT2D eigenvalue weighted by Gasteiger charge is -2.12. The van der Waals surface area contributed by atoms with E-state index < -0.39 is 0 Å². The maximum absolute atomic E-state index is 5.57. The summed E-state index contributed by atoms with van der Waals surface area (Å²) in [5, 5.41) is 0. The summed E-state index contributed by atoms with van der Waals surface area (Å²) >= 11 is 1.71. The Hall–Kier alpha value is -0.630. The van der Waals surface area contributed by atoms with Crippen LogP contribution in [0.2, 0.25) is 0 Å². The van der Waals surface area contributed by atoms with Gasteiger partial charge in [-0.2, -0.15) is 0 Å². The maximum atomic E-state index is 5.57. The van der Waals surface area contributed by atoms with Crippen molar-refractivity contribution in [2.75, 3.05) is 12.9 Å². The third-order valence-electron chi connectivity index (χ3n) is 2.06. The van der Waals surface area contributed by atoms with Crippen LogP contribution < -0.4 is 4.74 Å². The second-order valence-electron chi connectivity index (χ2n) is 3.24. The smallest absolute Gasteiger partial charge is 0.133 e. The minimum Gasteiger partial charge on any atom is -0.493 e. The van der Waals surface area contributed by atoms with Crippen LogP contribution in [0.25, 0.3) is 0 Å². The minimum atomic E-state index is 0.310. The molecule has 14 heavy (non-hydrogen) atoms. The molecule has 0 spiro atoms. The number of hydrogen-bond donors (Lipinski definition) is 0. The van der Waals surface area contributed by atoms with Crippen LogP contribution in [0.5, 0.6) is 5.75 Å². The van der Waals surface area contributed by atoms with Crippen molar-refractivity contribution >= 4 is 11.8 Å². The molecule has 0 bridgehead atoms. The van der Waals surface area contributed by atoms with Crippen LogP contribution >= 0.6 is 11.8 Å². The third-order valence-corrected chi connectivity index (χ3v) is 2.83. The third kappa shape index (κ3) is 2.68. The van der Waals surface area contributed by atoms with Crippen molar-refractivity contribution in [2.45, 2.75) is 24.7 Å². The summed E-state index contributed by atoms with van der Waals surface area (Å²) in [5.41, 5.74) is 1.23. The fraction of sp³-hybridized carbons (Fsp3) is 0.417. The molecule has 2 heteroatoms. The Morgan fingerprint density at radius 3 is 2.71 bits per heavy atom. The molecule has 1 unspecified atom stereocenters. The molecule has 0 heterocycles. The SMILES string of the molecule is [CH2]C(C)c1ccc(SC)c(OCC)c1. The van der Waals surface area contributed by atoms with Crippen LogP contribution in [-0.4, -0.2) is 12.9 Å². The first-order valence-corrected chi connectivity index (χ1v) is 6.05. The van der Waals surface area contributed by atoms with Crippen LogP contribution in [0.1, 0.15) is 25.3 Å². The number of benzene rings is 1. The van der Waals surface area contributed by atoms with Gasteiger partial charge < -0.3 is 4.74 Å². The van der Waals surface area contributed by atoms with E-state index in [1.54, 1.807) is 11.8 Å². The van der Waals surface area contributed by atoms with E-state index in [9.17, 15) is 0 Å². The largest absolute Gasteiger partial charge is 0.493 e. The van der Waals surface area contributed by atoms with E-state index in [2.05, 4.69) is 38.3 Å². The second kappa shape index (κ2) is 5.30. The molecule has 0 aliphatic rings. The van der Waals surface area contributed by atoms with Gasteiger partial charge in [0, 0.05) is 4.90 Å². The van der Waals surface area contributed by atoms with E-state index in [4.69, 9.17) is 4.74 Å². The molecular weight excluding hydrogens is 192 g/mol. The first-order chi connectivity index (χ1) is 6.69. The molecule has 1 atom stereocenters. The predicted molar refractivity (Wildman–Crippen MR) is 63.2 cm³/mol. The van der Waals surface area contributed by atoms with Crippen LogP contribution in [0.3, 0.4) is 0 Å². The molecular formula is C12H17OS. The average molecular weight is 209 g/mol. The van der Waals surface area contributed by atoms with Crippen molar-refractivity contribution in [3.8, 4) is 5.75 Å². The van der Waals surface area contributed by atoms with Gasteiger partial charge in [-0.3, -0.25) is 0 Å². The van der Waals surface area contributed by atoms with Crippen molar-refractivity contribution in [1.82, 2.24) is 0 Å². The summed E-state index contributed by atoms with van der Waals surface area (Å²) in [6.45, 7) is 8.81. The highest BCUT2D eigenvalue weighted by Gasteiger charge is 2.06. The molecule has 1 radical (unpaired) electrons. The first-order valence-electron chi connectivity index (χ1n) is 4.82. The molecule has 1 nitrogen and oxygen atoms in total. The fourth-order valence-electron chi connectivity index (χ4n) is 1.27. The van der Waals surface area contributed by atoms with Crippen molar-refractivity contribution in [2.24, 2.45) is 0 Å². The minimum absolute atomic E-state index is 0.310. The number of hydrogen-bond acceptors (Lipinski definition) is 2. The predicted octanol–water partition coefficient (Wildman–Crippen LogP) is 3.74. The van der Waals surface area contributed by atoms with Gasteiger partial charge in [-0.15, -0.1) is 11.8 Å². The first kappa shape index (κ1) is 11.4. The molecule has 0 saturated heterocycles. The summed E-state index contributed by atoms with van der Waals surface area (Å²) in [7, 11) is 0. The molecule has 77 valence electrons. The highest BCUT2D eigenvalue weighted by atomic mass is 32.2. The molecule has 0 fully saturated rings. The average Bonchev–Trinajstić information content (AvgIpc) is 2.18. The number of thioether (sulfide) groups is 1. The molecule has 1 aromatic rings. The van der Waals surface area contributed by atoms with E-state index in [1.807, 2.05) is 6.92 Å². The fourth-order valence-corrected chi connectivity index (χ4v) is 1.79. The van der Waals surface area contributed by atoms with Gasteiger partial charge in [0.1, 0.15) is 5.75 Å². The van der Waals surface area contributed by atoms with Gasteiger partial charge >= 0.3 is 0 Å². The topological polar surface area (TPSA) is 9.23 Å². The maximum Gasteiger partial charge on any atom is 0.133 e. The van der Waals surface area contributed by atoms with Crippen LogP contribution in [-0.2, 0) is 0 Å². The van der Waals surface area contributed by atoms with E-state index >= 15 is 0 Å². The van der Waals surface area contributed by atoms with Crippen LogP contribution in [0.15, 0.2) is 23.1 Å². The molecule has 0 aliphatic carbocycles. The Balaban J connectivity index is 3.01. The monoisotopic (exact) mass is 209 g/mol. The summed E-state index contributed by atoms with van der Waals surface area (Å²) < 4.78 is 5.57. The Bertz CT molecular complexity index is 294. The second-order valence-corrected chi connectivity index (χ2v) is 4.09. The standard InChI is InChI=1S/C12H17OS/c1-5-13-11-8-10(9(2)3)6-7-12(11)14-4/h6-9H,2,5H2,1,3-4H3. The van der Waals surface area contributed by atoms with Gasteiger partial charge in [-0.05, 0) is 43.7 Å². The van der Waals surface area contributed by atoms with E-state index in [-0.39, 0.29) is 0 Å². The van der Waals surface area contributed by atoms with Gasteiger partial charge in [0.2, 0.25) is 0 Å². The lowest BCUT2D eigenvalue weighted by atomic mass is 10.0. The zero-order valence-corrected chi connectivity index (χ0v) is 9.86. The van der Waals surface area contributed by atoms with Crippen LogP contribution in [0, 0.1) is 6.92 Å². The van der Waals surface area contributed by atoms with Crippen molar-refractivity contribution in [3.63, 3.8) is 0 Å². The van der Waals surface area contributed by atoms with E-state index in [0.29, 0.717) is 12.5 Å². The summed E-state index contributed by atoms with van der Waals surface area (Å²) in [4.78, 5) is 1.19. The zero-order chi connectivity index (χ0) is 10.6. The number of rotatable bonds is 4. The summed E-state index contributed by atoms with van der Waals surface area (Å²) in [5.74, 6) is 1.29. The highest BCUT2D eigenvalue weighted by molar-refractivity contribution is 7.98. The molecule has 0 saturated carbocycles. The lowest BCUT2D eigenvalue weighted by molar-refractivity contribution is 0.332. The van der Waals surface area contributed by atoms with E-state index in [0.717, 1.165) is 5.75 Å².